The van der Waals surface area contributed by atoms with Crippen molar-refractivity contribution in [1.82, 2.24) is 0 Å². The molecule has 1 rings (SSSR count). The van der Waals surface area contributed by atoms with Gasteiger partial charge in [0, 0.05) is 16.0 Å². The van der Waals surface area contributed by atoms with E-state index in [1.807, 2.05) is 0 Å². The highest BCUT2D eigenvalue weighted by Gasteiger charge is 2.22. The van der Waals surface area contributed by atoms with Gasteiger partial charge in [0.25, 0.3) is 9.05 Å². The summed E-state index contributed by atoms with van der Waals surface area (Å²) in [4.78, 5) is -0.0602. The first kappa shape index (κ1) is 11.8. The highest BCUT2D eigenvalue weighted by molar-refractivity contribution is 8.14. The Labute approximate surface area is 87.9 Å². The lowest BCUT2D eigenvalue weighted by molar-refractivity contribution is 0.587. The topological polar surface area (TPSA) is 51.2 Å². The molecule has 0 aliphatic rings. The highest BCUT2D eigenvalue weighted by Crippen LogP contribution is 2.37. The first-order chi connectivity index (χ1) is 6.23. The van der Waals surface area contributed by atoms with Gasteiger partial charge in [-0.3, -0.25) is 0 Å². The van der Waals surface area contributed by atoms with E-state index in [0.29, 0.717) is 5.30 Å². The molecule has 14 heavy (non-hydrogen) atoms. The fourth-order valence-corrected chi connectivity index (χ4v) is 4.30. The molecule has 0 atom stereocenters. The van der Waals surface area contributed by atoms with Crippen molar-refractivity contribution in [2.24, 2.45) is 0 Å². The predicted molar refractivity (Wildman–Crippen MR) is 58.6 cm³/mol. The maximum atomic E-state index is 11.8. The Kier molecular flexibility index (Phi) is 3.10. The summed E-state index contributed by atoms with van der Waals surface area (Å²) in [5, 5.41) is 0.301. The van der Waals surface area contributed by atoms with E-state index in [2.05, 4.69) is 0 Å². The Morgan fingerprint density at radius 1 is 1.21 bits per heavy atom. The van der Waals surface area contributed by atoms with Gasteiger partial charge in [0.15, 0.2) is 0 Å². The van der Waals surface area contributed by atoms with Gasteiger partial charge in [-0.1, -0.05) is 18.2 Å². The molecule has 0 aliphatic carbocycles. The third-order valence-corrected chi connectivity index (χ3v) is 4.79. The van der Waals surface area contributed by atoms with Crippen LogP contribution in [0.25, 0.3) is 0 Å². The van der Waals surface area contributed by atoms with E-state index in [1.165, 1.54) is 25.5 Å². The molecule has 3 nitrogen and oxygen atoms in total. The van der Waals surface area contributed by atoms with E-state index in [0.717, 1.165) is 0 Å². The Morgan fingerprint density at radius 3 is 2.07 bits per heavy atom. The molecule has 6 heteroatoms. The summed E-state index contributed by atoms with van der Waals surface area (Å²) in [7, 11) is -1.21. The summed E-state index contributed by atoms with van der Waals surface area (Å²) in [6.45, 7) is 3.02. The van der Waals surface area contributed by atoms with Gasteiger partial charge in [-0.05, 0) is 19.4 Å². The summed E-state index contributed by atoms with van der Waals surface area (Å²) in [5.74, 6) is 0. The molecule has 0 radical (unpaired) electrons. The van der Waals surface area contributed by atoms with Crippen molar-refractivity contribution in [3.05, 3.63) is 24.3 Å². The van der Waals surface area contributed by atoms with E-state index in [9.17, 15) is 13.0 Å². The van der Waals surface area contributed by atoms with Gasteiger partial charge in [-0.2, -0.15) is 0 Å². The molecule has 0 saturated carbocycles. The average Bonchev–Trinajstić information content (AvgIpc) is 2.01. The zero-order chi connectivity index (χ0) is 11.0. The SMILES string of the molecule is CP(C)(=O)c1ccccc1S(=O)(=O)Cl. The molecule has 0 bridgehead atoms. The molecule has 78 valence electrons. The lowest BCUT2D eigenvalue weighted by atomic mass is 10.4. The van der Waals surface area contributed by atoms with E-state index in [-0.39, 0.29) is 4.90 Å². The molecule has 0 fully saturated rings. The molecule has 0 aliphatic heterocycles. The number of benzene rings is 1. The summed E-state index contributed by atoms with van der Waals surface area (Å²) >= 11 is 0. The molecule has 0 heterocycles. The first-order valence-electron chi connectivity index (χ1n) is 3.82. The summed E-state index contributed by atoms with van der Waals surface area (Å²) in [5.41, 5.74) is 0. The number of rotatable bonds is 2. The van der Waals surface area contributed by atoms with Crippen LogP contribution in [-0.4, -0.2) is 21.7 Å². The van der Waals surface area contributed by atoms with Crippen LogP contribution in [0.3, 0.4) is 0 Å². The van der Waals surface area contributed by atoms with Crippen molar-refractivity contribution in [3.63, 3.8) is 0 Å². The zero-order valence-corrected chi connectivity index (χ0v) is 10.2. The van der Waals surface area contributed by atoms with Crippen LogP contribution >= 0.6 is 17.8 Å². The summed E-state index contributed by atoms with van der Waals surface area (Å²) in [6, 6.07) is 6.07. The van der Waals surface area contributed by atoms with Gasteiger partial charge in [0.2, 0.25) is 0 Å². The van der Waals surface area contributed by atoms with Gasteiger partial charge in [0.1, 0.15) is 7.14 Å². The lowest BCUT2D eigenvalue weighted by Crippen LogP contribution is -2.11. The van der Waals surface area contributed by atoms with Crippen LogP contribution in [0.5, 0.6) is 0 Å². The van der Waals surface area contributed by atoms with E-state index >= 15 is 0 Å². The molecule has 0 N–H and O–H groups in total. The third-order valence-electron chi connectivity index (χ3n) is 1.71. The Balaban J connectivity index is 3.55. The van der Waals surface area contributed by atoms with Crippen molar-refractivity contribution < 1.29 is 13.0 Å². The van der Waals surface area contributed by atoms with Gasteiger partial charge in [0.05, 0.1) is 4.90 Å². The smallest absolute Gasteiger partial charge is 0.262 e. The summed E-state index contributed by atoms with van der Waals surface area (Å²) < 4.78 is 34.0. The largest absolute Gasteiger partial charge is 0.319 e. The standard InChI is InChI=1S/C8H10ClO3PS/c1-13(2,10)7-5-3-4-6-8(7)14(9,11)12/h3-6H,1-2H3. The van der Waals surface area contributed by atoms with Crippen LogP contribution in [0.1, 0.15) is 0 Å². The number of halogens is 1. The fraction of sp³-hybridized carbons (Fsp3) is 0.250. The number of hydrogen-bond donors (Lipinski definition) is 0. The second-order valence-electron chi connectivity index (χ2n) is 3.26. The number of hydrogen-bond acceptors (Lipinski definition) is 3. The fourth-order valence-electron chi connectivity index (χ4n) is 1.11. The lowest BCUT2D eigenvalue weighted by Gasteiger charge is -2.10. The van der Waals surface area contributed by atoms with Crippen molar-refractivity contribution in [2.75, 3.05) is 13.3 Å². The molecule has 0 spiro atoms. The Hall–Kier alpha value is -0.310. The van der Waals surface area contributed by atoms with Crippen molar-refractivity contribution in [3.8, 4) is 0 Å². The minimum atomic E-state index is -3.82. The minimum Gasteiger partial charge on any atom is -0.319 e. The Bertz CT molecular complexity index is 489. The quantitative estimate of drug-likeness (QED) is 0.596. The molecule has 0 saturated heterocycles. The van der Waals surface area contributed by atoms with Gasteiger partial charge < -0.3 is 4.57 Å². The van der Waals surface area contributed by atoms with E-state index < -0.39 is 16.2 Å². The average molecular weight is 253 g/mol. The molecule has 0 amide bonds. The van der Waals surface area contributed by atoms with Gasteiger partial charge in [-0.25, -0.2) is 8.42 Å². The van der Waals surface area contributed by atoms with Crippen LogP contribution in [0.4, 0.5) is 0 Å². The summed E-state index contributed by atoms with van der Waals surface area (Å²) in [6.07, 6.45) is 0. The second kappa shape index (κ2) is 3.69. The van der Waals surface area contributed by atoms with E-state index in [4.69, 9.17) is 10.7 Å². The predicted octanol–water partition coefficient (Wildman–Crippen LogP) is 1.86. The maximum Gasteiger partial charge on any atom is 0.262 e. The molecule has 0 aromatic heterocycles. The monoisotopic (exact) mass is 252 g/mol. The maximum absolute atomic E-state index is 11.8. The van der Waals surface area contributed by atoms with Crippen LogP contribution in [0.15, 0.2) is 29.2 Å². The van der Waals surface area contributed by atoms with Crippen molar-refractivity contribution >= 4 is 32.2 Å². The Morgan fingerprint density at radius 2 is 1.71 bits per heavy atom. The second-order valence-corrected chi connectivity index (χ2v) is 8.97. The third kappa shape index (κ3) is 2.59. The van der Waals surface area contributed by atoms with Crippen LogP contribution in [-0.2, 0) is 13.6 Å². The van der Waals surface area contributed by atoms with Gasteiger partial charge >= 0.3 is 0 Å². The van der Waals surface area contributed by atoms with Gasteiger partial charge in [-0.15, -0.1) is 0 Å². The minimum absolute atomic E-state index is 0.0602. The first-order valence-corrected chi connectivity index (χ1v) is 8.73. The molecule has 1 aromatic carbocycles. The van der Waals surface area contributed by atoms with Crippen LogP contribution in [0, 0.1) is 0 Å². The van der Waals surface area contributed by atoms with Crippen molar-refractivity contribution in [1.29, 1.82) is 0 Å². The molecular weight excluding hydrogens is 243 g/mol. The zero-order valence-electron chi connectivity index (χ0n) is 7.77. The molecule has 0 unspecified atom stereocenters. The normalized spacial score (nSPS) is 12.8. The van der Waals surface area contributed by atoms with Crippen LogP contribution < -0.4 is 5.30 Å². The molecule has 1 aromatic rings. The van der Waals surface area contributed by atoms with E-state index in [1.54, 1.807) is 12.1 Å². The molecular formula is C8H10ClO3PS. The van der Waals surface area contributed by atoms with Crippen molar-refractivity contribution in [2.45, 2.75) is 4.90 Å². The van der Waals surface area contributed by atoms with Crippen LogP contribution in [0.2, 0.25) is 0 Å². The highest BCUT2D eigenvalue weighted by atomic mass is 35.7.